The molecule has 0 saturated heterocycles. The standard InChI is InChI=1S/C11H25O4P/c1-10(2)13-8-9-15-16(5)11(3,4)14-7-6-12/h10,12H,6-9H2,1-5H3. The average molecular weight is 252 g/mol. The van der Waals surface area contributed by atoms with Crippen molar-refractivity contribution in [1.82, 2.24) is 0 Å². The molecule has 0 aromatic rings. The van der Waals surface area contributed by atoms with Crippen molar-refractivity contribution in [2.24, 2.45) is 0 Å². The zero-order chi connectivity index (χ0) is 12.6. The van der Waals surface area contributed by atoms with Crippen LogP contribution < -0.4 is 0 Å². The molecule has 0 aliphatic rings. The van der Waals surface area contributed by atoms with Gasteiger partial charge in [-0.3, -0.25) is 0 Å². The Labute approximate surface area is 100 Å². The minimum Gasteiger partial charge on any atom is -0.394 e. The summed E-state index contributed by atoms with van der Waals surface area (Å²) in [6.07, 6.45) is 0.241. The molecule has 98 valence electrons. The molecule has 16 heavy (non-hydrogen) atoms. The first-order valence-electron chi connectivity index (χ1n) is 5.63. The molecule has 0 aromatic carbocycles. The highest BCUT2D eigenvalue weighted by Crippen LogP contribution is 2.47. The van der Waals surface area contributed by atoms with Crippen molar-refractivity contribution in [3.05, 3.63) is 0 Å². The van der Waals surface area contributed by atoms with E-state index in [2.05, 4.69) is 0 Å². The van der Waals surface area contributed by atoms with Crippen molar-refractivity contribution in [1.29, 1.82) is 0 Å². The Hall–Kier alpha value is 0.270. The van der Waals surface area contributed by atoms with E-state index in [9.17, 15) is 0 Å². The van der Waals surface area contributed by atoms with E-state index in [0.717, 1.165) is 0 Å². The third kappa shape index (κ3) is 7.53. The summed E-state index contributed by atoms with van der Waals surface area (Å²) in [7, 11) is -0.680. The fourth-order valence-electron chi connectivity index (χ4n) is 1.000. The highest BCUT2D eigenvalue weighted by atomic mass is 31.1. The zero-order valence-corrected chi connectivity index (χ0v) is 11.9. The van der Waals surface area contributed by atoms with Crippen molar-refractivity contribution in [2.45, 2.75) is 39.1 Å². The van der Waals surface area contributed by atoms with Gasteiger partial charge in [-0.2, -0.15) is 0 Å². The largest absolute Gasteiger partial charge is 0.394 e. The molecule has 0 aliphatic heterocycles. The fourth-order valence-corrected chi connectivity index (χ4v) is 1.93. The molecule has 0 rings (SSSR count). The Morgan fingerprint density at radius 1 is 1.19 bits per heavy atom. The van der Waals surface area contributed by atoms with Gasteiger partial charge >= 0.3 is 0 Å². The van der Waals surface area contributed by atoms with Crippen LogP contribution in [0.2, 0.25) is 0 Å². The molecule has 1 atom stereocenters. The van der Waals surface area contributed by atoms with Crippen molar-refractivity contribution in [3.63, 3.8) is 0 Å². The molecule has 4 nitrogen and oxygen atoms in total. The lowest BCUT2D eigenvalue weighted by Gasteiger charge is -2.31. The summed E-state index contributed by atoms with van der Waals surface area (Å²) in [4.78, 5) is 0. The van der Waals surface area contributed by atoms with Gasteiger partial charge in [0.1, 0.15) is 5.34 Å². The number of ether oxygens (including phenoxy) is 2. The summed E-state index contributed by atoms with van der Waals surface area (Å²) >= 11 is 0. The fraction of sp³-hybridized carbons (Fsp3) is 1.00. The van der Waals surface area contributed by atoms with Crippen LogP contribution in [0.25, 0.3) is 0 Å². The molecule has 0 bridgehead atoms. The molecule has 1 unspecified atom stereocenters. The van der Waals surface area contributed by atoms with E-state index in [4.69, 9.17) is 19.1 Å². The lowest BCUT2D eigenvalue weighted by atomic mass is 10.5. The number of aliphatic hydroxyl groups excluding tert-OH is 1. The number of rotatable bonds is 9. The maximum atomic E-state index is 8.71. The Kier molecular flexibility index (Phi) is 8.52. The van der Waals surface area contributed by atoms with Gasteiger partial charge in [-0.05, 0) is 34.4 Å². The van der Waals surface area contributed by atoms with E-state index in [0.29, 0.717) is 19.8 Å². The highest BCUT2D eigenvalue weighted by molar-refractivity contribution is 7.53. The van der Waals surface area contributed by atoms with Crippen molar-refractivity contribution in [3.8, 4) is 0 Å². The molecule has 0 saturated carbocycles. The first-order chi connectivity index (χ1) is 7.40. The Balaban J connectivity index is 3.72. The van der Waals surface area contributed by atoms with Crippen LogP contribution in [0.15, 0.2) is 0 Å². The number of aliphatic hydroxyl groups is 1. The van der Waals surface area contributed by atoms with Gasteiger partial charge in [0.05, 0.1) is 40.7 Å². The van der Waals surface area contributed by atoms with E-state index < -0.39 is 8.15 Å². The van der Waals surface area contributed by atoms with Gasteiger partial charge in [0, 0.05) is 0 Å². The third-order valence-corrected chi connectivity index (χ3v) is 4.34. The number of hydrogen-bond acceptors (Lipinski definition) is 4. The zero-order valence-electron chi connectivity index (χ0n) is 11.0. The number of hydrogen-bond donors (Lipinski definition) is 1. The summed E-state index contributed by atoms with van der Waals surface area (Å²) < 4.78 is 16.6. The first-order valence-corrected chi connectivity index (χ1v) is 7.34. The minimum atomic E-state index is -0.680. The minimum absolute atomic E-state index is 0.0447. The second kappa shape index (κ2) is 8.37. The second-order valence-corrected chi connectivity index (χ2v) is 6.60. The average Bonchev–Trinajstić information content (AvgIpc) is 2.20. The summed E-state index contributed by atoms with van der Waals surface area (Å²) in [5.41, 5.74) is 0. The van der Waals surface area contributed by atoms with Crippen LogP contribution >= 0.6 is 8.15 Å². The molecule has 0 fully saturated rings. The van der Waals surface area contributed by atoms with Crippen molar-refractivity contribution in [2.75, 3.05) is 33.1 Å². The van der Waals surface area contributed by atoms with Crippen molar-refractivity contribution >= 4 is 8.15 Å². The van der Waals surface area contributed by atoms with Gasteiger partial charge in [-0.15, -0.1) is 0 Å². The van der Waals surface area contributed by atoms with E-state index in [1.807, 2.05) is 34.4 Å². The molecular formula is C11H25O4P. The summed E-state index contributed by atoms with van der Waals surface area (Å²) in [6, 6.07) is 0. The quantitative estimate of drug-likeness (QED) is 0.505. The molecule has 0 spiro atoms. The van der Waals surface area contributed by atoms with E-state index >= 15 is 0 Å². The van der Waals surface area contributed by atoms with Crippen LogP contribution in [0, 0.1) is 0 Å². The molecule has 0 amide bonds. The van der Waals surface area contributed by atoms with Crippen LogP contribution in [0.1, 0.15) is 27.7 Å². The second-order valence-electron chi connectivity index (χ2n) is 4.27. The molecule has 0 heterocycles. The summed E-state index contributed by atoms with van der Waals surface area (Å²) in [5, 5.41) is 8.38. The van der Waals surface area contributed by atoms with Crippen LogP contribution in [0.5, 0.6) is 0 Å². The van der Waals surface area contributed by atoms with Crippen LogP contribution in [0.3, 0.4) is 0 Å². The van der Waals surface area contributed by atoms with Gasteiger partial charge in [-0.25, -0.2) is 0 Å². The predicted molar refractivity (Wildman–Crippen MR) is 67.0 cm³/mol. The summed E-state index contributed by atoms with van der Waals surface area (Å²) in [6.45, 7) is 11.6. The van der Waals surface area contributed by atoms with Gasteiger partial charge in [-0.1, -0.05) is 0 Å². The predicted octanol–water partition coefficient (Wildman–Crippen LogP) is 2.20. The van der Waals surface area contributed by atoms with Gasteiger partial charge in [0.25, 0.3) is 0 Å². The molecule has 0 radical (unpaired) electrons. The third-order valence-electron chi connectivity index (χ3n) is 2.12. The molecular weight excluding hydrogens is 227 g/mol. The van der Waals surface area contributed by atoms with Crippen LogP contribution in [-0.4, -0.2) is 49.6 Å². The van der Waals surface area contributed by atoms with Gasteiger partial charge in [0.2, 0.25) is 0 Å². The van der Waals surface area contributed by atoms with Crippen molar-refractivity contribution < 1.29 is 19.1 Å². The lowest BCUT2D eigenvalue weighted by molar-refractivity contribution is 0.0129. The molecule has 1 N–H and O–H groups in total. The van der Waals surface area contributed by atoms with E-state index in [1.165, 1.54) is 0 Å². The lowest BCUT2D eigenvalue weighted by Crippen LogP contribution is -2.25. The smallest absolute Gasteiger partial charge is 0.106 e. The van der Waals surface area contributed by atoms with Gasteiger partial charge < -0.3 is 19.1 Å². The Morgan fingerprint density at radius 2 is 1.81 bits per heavy atom. The first kappa shape index (κ1) is 16.3. The highest BCUT2D eigenvalue weighted by Gasteiger charge is 2.27. The van der Waals surface area contributed by atoms with Gasteiger partial charge in [0.15, 0.2) is 0 Å². The van der Waals surface area contributed by atoms with Crippen LogP contribution in [0.4, 0.5) is 0 Å². The Bertz CT molecular complexity index is 173. The Morgan fingerprint density at radius 3 is 2.31 bits per heavy atom. The van der Waals surface area contributed by atoms with E-state index in [-0.39, 0.29) is 18.1 Å². The van der Waals surface area contributed by atoms with Crippen LogP contribution in [-0.2, 0) is 14.0 Å². The maximum Gasteiger partial charge on any atom is 0.106 e. The maximum absolute atomic E-state index is 8.71. The summed E-state index contributed by atoms with van der Waals surface area (Å²) in [5.74, 6) is 0. The normalized spacial score (nSPS) is 14.4. The molecule has 0 aliphatic carbocycles. The topological polar surface area (TPSA) is 47.9 Å². The molecule has 0 aromatic heterocycles. The SMILES string of the molecule is CC(C)OCCOP(C)C(C)(C)OCCO. The monoisotopic (exact) mass is 252 g/mol. The van der Waals surface area contributed by atoms with E-state index in [1.54, 1.807) is 0 Å². The molecule has 5 heteroatoms.